The van der Waals surface area contributed by atoms with Crippen LogP contribution in [0.15, 0.2) is 48.8 Å². The van der Waals surface area contributed by atoms with E-state index in [1.807, 2.05) is 18.2 Å². The van der Waals surface area contributed by atoms with Crippen molar-refractivity contribution in [3.05, 3.63) is 59.9 Å². The van der Waals surface area contributed by atoms with Crippen LogP contribution in [0, 0.1) is 0 Å². The van der Waals surface area contributed by atoms with Gasteiger partial charge in [0.15, 0.2) is 0 Å². The summed E-state index contributed by atoms with van der Waals surface area (Å²) >= 11 is 0. The van der Waals surface area contributed by atoms with E-state index in [4.69, 9.17) is 0 Å². The van der Waals surface area contributed by atoms with Crippen LogP contribution in [0.5, 0.6) is 0 Å². The zero-order valence-corrected chi connectivity index (χ0v) is 11.4. The Kier molecular flexibility index (Phi) is 3.27. The summed E-state index contributed by atoms with van der Waals surface area (Å²) in [7, 11) is 0. The zero-order chi connectivity index (χ0) is 14.8. The average molecular weight is 282 g/mol. The Morgan fingerprint density at radius 3 is 2.81 bits per heavy atom. The van der Waals surface area contributed by atoms with Crippen LogP contribution in [-0.2, 0) is 4.79 Å². The molecule has 1 aromatic carbocycles. The minimum absolute atomic E-state index is 0.256. The van der Waals surface area contributed by atoms with Crippen molar-refractivity contribution in [2.45, 2.75) is 13.1 Å². The third-order valence-electron chi connectivity index (χ3n) is 3.20. The molecule has 0 spiro atoms. The van der Waals surface area contributed by atoms with Crippen LogP contribution in [0.25, 0.3) is 0 Å². The highest BCUT2D eigenvalue weighted by Crippen LogP contribution is 2.31. The second kappa shape index (κ2) is 5.24. The van der Waals surface area contributed by atoms with Gasteiger partial charge in [-0.15, -0.1) is 0 Å². The predicted molar refractivity (Wildman–Crippen MR) is 77.0 cm³/mol. The molecule has 1 aromatic heterocycles. The fourth-order valence-electron chi connectivity index (χ4n) is 2.31. The van der Waals surface area contributed by atoms with Crippen LogP contribution < -0.4 is 10.7 Å². The molecular weight excluding hydrogens is 268 g/mol. The van der Waals surface area contributed by atoms with Gasteiger partial charge in [0, 0.05) is 30.6 Å². The number of hydrogen-bond acceptors (Lipinski definition) is 4. The number of para-hydroxylation sites is 1. The van der Waals surface area contributed by atoms with E-state index >= 15 is 0 Å². The largest absolute Gasteiger partial charge is 0.359 e. The number of hydrogen-bond donors (Lipinski definition) is 2. The van der Waals surface area contributed by atoms with Crippen LogP contribution in [0.2, 0.25) is 0 Å². The van der Waals surface area contributed by atoms with Gasteiger partial charge in [0.1, 0.15) is 6.17 Å². The number of hydrazine groups is 1. The summed E-state index contributed by atoms with van der Waals surface area (Å²) < 4.78 is 0. The van der Waals surface area contributed by atoms with Crippen molar-refractivity contribution < 1.29 is 9.59 Å². The Balaban J connectivity index is 2.05. The van der Waals surface area contributed by atoms with Crippen LogP contribution >= 0.6 is 0 Å². The first kappa shape index (κ1) is 13.1. The summed E-state index contributed by atoms with van der Waals surface area (Å²) in [4.78, 5) is 28.0. The minimum atomic E-state index is -0.495. The SMILES string of the molecule is CC(=O)NN1C(=O)c2ccccc2N[C@H]1c1cccnc1. The molecule has 1 atom stereocenters. The Labute approximate surface area is 121 Å². The number of amides is 2. The van der Waals surface area contributed by atoms with E-state index in [1.165, 1.54) is 11.9 Å². The number of rotatable bonds is 2. The lowest BCUT2D eigenvalue weighted by Gasteiger charge is -2.37. The lowest BCUT2D eigenvalue weighted by atomic mass is 10.1. The van der Waals surface area contributed by atoms with Gasteiger partial charge in [-0.1, -0.05) is 18.2 Å². The molecule has 0 unspecified atom stereocenters. The molecule has 0 fully saturated rings. The van der Waals surface area contributed by atoms with E-state index in [0.29, 0.717) is 5.56 Å². The van der Waals surface area contributed by atoms with E-state index in [9.17, 15) is 9.59 Å². The summed E-state index contributed by atoms with van der Waals surface area (Å²) in [6, 6.07) is 10.8. The monoisotopic (exact) mass is 282 g/mol. The maximum absolute atomic E-state index is 12.6. The molecule has 0 saturated carbocycles. The summed E-state index contributed by atoms with van der Waals surface area (Å²) in [5, 5.41) is 4.54. The highest BCUT2D eigenvalue weighted by atomic mass is 16.2. The van der Waals surface area contributed by atoms with Crippen LogP contribution in [0.4, 0.5) is 5.69 Å². The summed E-state index contributed by atoms with van der Waals surface area (Å²) in [5.74, 6) is -0.563. The summed E-state index contributed by atoms with van der Waals surface area (Å²) in [6.07, 6.45) is 2.82. The highest BCUT2D eigenvalue weighted by molar-refractivity contribution is 6.02. The maximum Gasteiger partial charge on any atom is 0.276 e. The molecule has 1 aliphatic heterocycles. The lowest BCUT2D eigenvalue weighted by Crippen LogP contribution is -2.52. The van der Waals surface area contributed by atoms with E-state index in [1.54, 1.807) is 30.6 Å². The molecule has 2 heterocycles. The van der Waals surface area contributed by atoms with Crippen molar-refractivity contribution in [1.29, 1.82) is 0 Å². The Morgan fingerprint density at radius 2 is 2.10 bits per heavy atom. The van der Waals surface area contributed by atoms with Gasteiger partial charge in [-0.05, 0) is 18.2 Å². The first-order valence-electron chi connectivity index (χ1n) is 6.53. The van der Waals surface area contributed by atoms with Gasteiger partial charge < -0.3 is 5.32 Å². The maximum atomic E-state index is 12.6. The van der Waals surface area contributed by atoms with Gasteiger partial charge in [-0.25, -0.2) is 5.01 Å². The van der Waals surface area contributed by atoms with E-state index in [2.05, 4.69) is 15.7 Å². The zero-order valence-electron chi connectivity index (χ0n) is 11.4. The van der Waals surface area contributed by atoms with Gasteiger partial charge in [0.25, 0.3) is 5.91 Å². The lowest BCUT2D eigenvalue weighted by molar-refractivity contribution is -0.123. The molecule has 2 N–H and O–H groups in total. The first-order chi connectivity index (χ1) is 10.2. The number of fused-ring (bicyclic) bond motifs is 1. The number of nitrogens with zero attached hydrogens (tertiary/aromatic N) is 2. The normalized spacial score (nSPS) is 16.9. The van der Waals surface area contributed by atoms with Crippen LogP contribution in [0.3, 0.4) is 0 Å². The van der Waals surface area contributed by atoms with Crippen LogP contribution in [-0.4, -0.2) is 21.8 Å². The Bertz CT molecular complexity index is 687. The topological polar surface area (TPSA) is 74.3 Å². The molecule has 0 bridgehead atoms. The van der Waals surface area contributed by atoms with E-state index in [-0.39, 0.29) is 11.8 Å². The van der Waals surface area contributed by atoms with Gasteiger partial charge >= 0.3 is 0 Å². The number of aromatic nitrogens is 1. The second-order valence-electron chi connectivity index (χ2n) is 4.72. The molecule has 21 heavy (non-hydrogen) atoms. The quantitative estimate of drug-likeness (QED) is 0.879. The van der Waals surface area contributed by atoms with Crippen molar-refractivity contribution in [2.24, 2.45) is 0 Å². The molecule has 2 aromatic rings. The number of carbonyl (C=O) groups excluding carboxylic acids is 2. The van der Waals surface area contributed by atoms with E-state index in [0.717, 1.165) is 11.3 Å². The van der Waals surface area contributed by atoms with Crippen molar-refractivity contribution in [3.8, 4) is 0 Å². The molecule has 0 aliphatic carbocycles. The number of nitrogens with one attached hydrogen (secondary N) is 2. The number of pyridine rings is 1. The standard InChI is InChI=1S/C15H14N4O2/c1-10(20)18-19-14(11-5-4-8-16-9-11)17-13-7-3-2-6-12(13)15(19)21/h2-9,14,17H,1H3,(H,18,20)/t14-/m1/s1. The molecule has 3 rings (SSSR count). The Morgan fingerprint density at radius 1 is 1.29 bits per heavy atom. The first-order valence-corrected chi connectivity index (χ1v) is 6.53. The summed E-state index contributed by atoms with van der Waals surface area (Å²) in [5.41, 5.74) is 4.62. The van der Waals surface area contributed by atoms with Gasteiger partial charge in [0.05, 0.1) is 5.56 Å². The van der Waals surface area contributed by atoms with Crippen LogP contribution in [0.1, 0.15) is 29.0 Å². The average Bonchev–Trinajstić information content (AvgIpc) is 2.50. The molecule has 106 valence electrons. The Hall–Kier alpha value is -2.89. The van der Waals surface area contributed by atoms with Gasteiger partial charge in [-0.3, -0.25) is 20.0 Å². The molecule has 2 amide bonds. The van der Waals surface area contributed by atoms with Gasteiger partial charge in [-0.2, -0.15) is 0 Å². The number of anilines is 1. The fourth-order valence-corrected chi connectivity index (χ4v) is 2.31. The summed E-state index contributed by atoms with van der Waals surface area (Å²) in [6.45, 7) is 1.37. The van der Waals surface area contributed by atoms with Crippen molar-refractivity contribution in [1.82, 2.24) is 15.4 Å². The van der Waals surface area contributed by atoms with E-state index < -0.39 is 6.17 Å². The molecule has 0 saturated heterocycles. The number of carbonyl (C=O) groups is 2. The van der Waals surface area contributed by atoms with Crippen molar-refractivity contribution >= 4 is 17.5 Å². The van der Waals surface area contributed by atoms with Gasteiger partial charge in [0.2, 0.25) is 5.91 Å². The number of benzene rings is 1. The van der Waals surface area contributed by atoms with Crippen molar-refractivity contribution in [3.63, 3.8) is 0 Å². The second-order valence-corrected chi connectivity index (χ2v) is 4.72. The molecule has 1 aliphatic rings. The molecule has 0 radical (unpaired) electrons. The molecular formula is C15H14N4O2. The third kappa shape index (κ3) is 2.43. The third-order valence-corrected chi connectivity index (χ3v) is 3.20. The predicted octanol–water partition coefficient (Wildman–Crippen LogP) is 1.70. The molecule has 6 heteroatoms. The minimum Gasteiger partial charge on any atom is -0.359 e. The smallest absolute Gasteiger partial charge is 0.276 e. The highest BCUT2D eigenvalue weighted by Gasteiger charge is 2.33. The molecule has 6 nitrogen and oxygen atoms in total. The fraction of sp³-hybridized carbons (Fsp3) is 0.133. The van der Waals surface area contributed by atoms with Crippen molar-refractivity contribution in [2.75, 3.05) is 5.32 Å².